The molecule has 0 spiro atoms. The number of hydrogen-bond donors (Lipinski definition) is 0. The number of hydrogen-bond acceptors (Lipinski definition) is 5. The molecule has 1 aliphatic rings. The number of halogens is 4. The van der Waals surface area contributed by atoms with Crippen LogP contribution in [0.1, 0.15) is 81.7 Å². The normalized spacial score (nSPS) is 25.0. The first-order valence-corrected chi connectivity index (χ1v) is 15.5. The number of carbonyl (C=O) groups excluding carboxylic acids is 1. The second-order valence-corrected chi connectivity index (χ2v) is 11.3. The highest BCUT2D eigenvalue weighted by atomic mass is 32.2. The predicted octanol–water partition coefficient (Wildman–Crippen LogP) is 7.77. The summed E-state index contributed by atoms with van der Waals surface area (Å²) in [4.78, 5) is 33.0. The Morgan fingerprint density at radius 2 is 1.73 bits per heavy atom. The summed E-state index contributed by atoms with van der Waals surface area (Å²) in [5.41, 5.74) is -9.76. The van der Waals surface area contributed by atoms with E-state index in [2.05, 4.69) is 4.98 Å². The number of fused-ring (bicyclic) bond motifs is 1. The van der Waals surface area contributed by atoms with Gasteiger partial charge < -0.3 is 14.4 Å². The van der Waals surface area contributed by atoms with Crippen molar-refractivity contribution in [1.82, 2.24) is 19.4 Å². The summed E-state index contributed by atoms with van der Waals surface area (Å²) >= 11 is 0.438. The van der Waals surface area contributed by atoms with Gasteiger partial charge in [-0.15, -0.1) is 0 Å². The van der Waals surface area contributed by atoms with Crippen LogP contribution in [0.4, 0.5) is 17.6 Å². The molecule has 0 bridgehead atoms. The Morgan fingerprint density at radius 3 is 2.39 bits per heavy atom. The average Bonchev–Trinajstić information content (AvgIpc) is 3.30. The molecule has 6 nitrogen and oxygen atoms in total. The first-order chi connectivity index (χ1) is 31.0. The SMILES string of the molecule is [2H]c1c([2H])c(C([2H])([2H])N(CCN(C([2H])([2H])C)C([2H])([2H])C)C(=O)C([2H])([2H])n2c(SCc3ccc(F)cc3)nc(=O)c3c2C([2H])([2H])C([2H])(C)C3([2H])[2H])c([2H])c([2H])c1-c1c([2H])c([2H])c(C(F)(F)F)c(C)c1[2H]. The number of likely N-dealkylation sites (N-methyl/N-ethyl adjacent to an activating group) is 1. The van der Waals surface area contributed by atoms with E-state index in [4.69, 9.17) is 21.9 Å². The lowest BCUT2D eigenvalue weighted by Gasteiger charge is -2.28. The number of carbonyl (C=O) groups is 1. The molecule has 1 aliphatic carbocycles. The fraction of sp³-hybridized carbons (Fsp3) is 0.395. The van der Waals surface area contributed by atoms with Gasteiger partial charge in [-0.1, -0.05) is 80.9 Å². The van der Waals surface area contributed by atoms with Crippen molar-refractivity contribution in [1.29, 1.82) is 0 Å². The minimum Gasteiger partial charge on any atom is -0.336 e. The van der Waals surface area contributed by atoms with Gasteiger partial charge in [-0.2, -0.15) is 18.2 Å². The maximum atomic E-state index is 15.2. The van der Waals surface area contributed by atoms with Gasteiger partial charge >= 0.3 is 6.18 Å². The largest absolute Gasteiger partial charge is 0.416 e. The first kappa shape index (κ1) is 18.3. The topological polar surface area (TPSA) is 58.4 Å². The molecule has 0 N–H and O–H groups in total. The third-order valence-corrected chi connectivity index (χ3v) is 7.92. The van der Waals surface area contributed by atoms with Crippen molar-refractivity contribution >= 4 is 17.7 Å². The van der Waals surface area contributed by atoms with Crippen LogP contribution in [0, 0.1) is 18.6 Å². The van der Waals surface area contributed by atoms with Crippen molar-refractivity contribution in [3.63, 3.8) is 0 Å². The van der Waals surface area contributed by atoms with Crippen LogP contribution in [-0.2, 0) is 42.5 Å². The van der Waals surface area contributed by atoms with Crippen LogP contribution in [0.3, 0.4) is 0 Å². The van der Waals surface area contributed by atoms with Gasteiger partial charge in [0.15, 0.2) is 5.16 Å². The highest BCUT2D eigenvalue weighted by molar-refractivity contribution is 7.98. The lowest BCUT2D eigenvalue weighted by atomic mass is 9.98. The van der Waals surface area contributed by atoms with E-state index in [0.717, 1.165) is 39.8 Å². The van der Waals surface area contributed by atoms with Crippen molar-refractivity contribution in [2.75, 3.05) is 26.1 Å². The summed E-state index contributed by atoms with van der Waals surface area (Å²) < 4.78 is 231. The average molecular weight is 715 g/mol. The van der Waals surface area contributed by atoms with E-state index in [0.29, 0.717) is 16.7 Å². The van der Waals surface area contributed by atoms with Crippen molar-refractivity contribution in [3.05, 3.63) is 116 Å². The molecule has 260 valence electrons. The van der Waals surface area contributed by atoms with E-state index in [1.807, 2.05) is 0 Å². The van der Waals surface area contributed by atoms with Gasteiger partial charge in [0.1, 0.15) is 12.3 Å². The minimum absolute atomic E-state index is 0.116. The fourth-order valence-corrected chi connectivity index (χ4v) is 5.40. The second kappa shape index (κ2) is 15.7. The van der Waals surface area contributed by atoms with Gasteiger partial charge in [-0.05, 0) is 84.5 Å². The smallest absolute Gasteiger partial charge is 0.336 e. The van der Waals surface area contributed by atoms with E-state index >= 15 is 4.79 Å². The van der Waals surface area contributed by atoms with Gasteiger partial charge in [0.05, 0.1) is 20.6 Å². The Morgan fingerprint density at radius 1 is 1.06 bits per heavy atom. The monoisotopic (exact) mass is 714 g/mol. The number of amides is 1. The van der Waals surface area contributed by atoms with Crippen LogP contribution in [0.15, 0.2) is 76.5 Å². The molecule has 11 heteroatoms. The summed E-state index contributed by atoms with van der Waals surface area (Å²) in [5, 5.41) is -0.873. The standard InChI is InChI=1S/C38H42F4N4O2S/c1-5-44(6-2)17-18-45(22-27-7-11-29(12-8-27)30-13-16-33(26(4)21-30)38(40,41)42)35(47)23-46-34-20-25(3)19-32(34)36(48)43-37(46)49-24-28-9-14-31(39)15-10-28/h7-16,21,25H,5-6,17-20,22-24H2,1-4H3/i5D2,6D2,7D,8D,11D,12D,13D,16D,19D2,20D2,21D,22D2,23D2,25D. The van der Waals surface area contributed by atoms with Gasteiger partial charge in [-0.3, -0.25) is 9.59 Å². The van der Waals surface area contributed by atoms with Crippen molar-refractivity contribution in [2.24, 2.45) is 5.89 Å². The number of aromatic nitrogens is 2. The fourth-order valence-electron chi connectivity index (χ4n) is 4.49. The molecule has 0 saturated heterocycles. The first-order valence-electron chi connectivity index (χ1n) is 24.5. The lowest BCUT2D eigenvalue weighted by Crippen LogP contribution is -2.40. The maximum absolute atomic E-state index is 15.2. The summed E-state index contributed by atoms with van der Waals surface area (Å²) in [6, 6.07) is -4.90. The second-order valence-electron chi connectivity index (χ2n) is 10.3. The van der Waals surface area contributed by atoms with E-state index in [9.17, 15) is 27.8 Å². The van der Waals surface area contributed by atoms with Crippen molar-refractivity contribution < 1.29 is 49.8 Å². The zero-order valence-electron chi connectivity index (χ0n) is 46.5. The summed E-state index contributed by atoms with van der Waals surface area (Å²) in [6.07, 6.45) is -11.9. The Hall–Kier alpha value is -3.96. The Labute approximate surface area is 317 Å². The van der Waals surface area contributed by atoms with Crippen molar-refractivity contribution in [3.8, 4) is 11.1 Å². The molecule has 1 unspecified atom stereocenters. The molecular weight excluding hydrogens is 653 g/mol. The minimum atomic E-state index is -5.26. The molecule has 3 aromatic carbocycles. The number of benzene rings is 3. The number of nitrogens with zero attached hydrogens (tertiary/aromatic N) is 4. The van der Waals surface area contributed by atoms with Crippen molar-refractivity contribution in [2.45, 2.75) is 70.5 Å². The third kappa shape index (κ3) is 8.99. The summed E-state index contributed by atoms with van der Waals surface area (Å²) in [6.45, 7) is -12.3. The van der Waals surface area contributed by atoms with Gasteiger partial charge in [0.25, 0.3) is 5.56 Å². The number of alkyl halides is 3. The molecule has 0 fully saturated rings. The van der Waals surface area contributed by atoms with E-state index in [1.54, 1.807) is 0 Å². The van der Waals surface area contributed by atoms with Crippen LogP contribution < -0.4 is 5.56 Å². The Bertz CT molecular complexity index is 2720. The molecule has 0 saturated carbocycles. The molecule has 49 heavy (non-hydrogen) atoms. The molecule has 1 heterocycles. The van der Waals surface area contributed by atoms with Gasteiger partial charge in [-0.25, -0.2) is 4.39 Å². The molecule has 0 radical (unpaired) electrons. The molecule has 1 atom stereocenters. The number of rotatable bonds is 13. The molecule has 1 amide bonds. The maximum Gasteiger partial charge on any atom is 0.416 e. The molecule has 4 aromatic rings. The van der Waals surface area contributed by atoms with Gasteiger partial charge in [0, 0.05) is 48.9 Å². The van der Waals surface area contributed by atoms with Crippen LogP contribution in [-0.4, -0.2) is 51.3 Å². The Balaban J connectivity index is 1.85. The quantitative estimate of drug-likeness (QED) is 0.0805. The van der Waals surface area contributed by atoms with E-state index < -0.39 is 168 Å². The predicted molar refractivity (Wildman–Crippen MR) is 186 cm³/mol. The zero-order valence-corrected chi connectivity index (χ0v) is 27.3. The summed E-state index contributed by atoms with van der Waals surface area (Å²) in [5.74, 6) is -6.12. The van der Waals surface area contributed by atoms with Crippen LogP contribution in [0.25, 0.3) is 11.1 Å². The van der Waals surface area contributed by atoms with E-state index in [-0.39, 0.29) is 20.8 Å². The highest BCUT2D eigenvalue weighted by Gasteiger charge is 2.32. The zero-order chi connectivity index (χ0) is 53.1. The molecule has 1 aromatic heterocycles. The summed E-state index contributed by atoms with van der Waals surface area (Å²) in [7, 11) is 0. The van der Waals surface area contributed by atoms with Gasteiger partial charge in [0.2, 0.25) is 5.91 Å². The molecular formula is C38H42F4N4O2S. The van der Waals surface area contributed by atoms with Crippen LogP contribution in [0.5, 0.6) is 0 Å². The number of thioether (sulfide) groups is 1. The lowest BCUT2D eigenvalue weighted by molar-refractivity contribution is -0.138. The van der Waals surface area contributed by atoms with Crippen LogP contribution >= 0.6 is 11.8 Å². The molecule has 5 rings (SSSR count). The van der Waals surface area contributed by atoms with Crippen LogP contribution in [0.2, 0.25) is 0 Å². The Kier molecular flexibility index (Phi) is 5.88. The van der Waals surface area contributed by atoms with E-state index in [1.165, 1.54) is 12.1 Å². The third-order valence-electron chi connectivity index (χ3n) is 6.91. The molecule has 0 aliphatic heterocycles. The highest BCUT2D eigenvalue weighted by Crippen LogP contribution is 2.34.